The molecule has 1 amide bonds. The van der Waals surface area contributed by atoms with Crippen LogP contribution in [0.5, 0.6) is 5.75 Å². The molecule has 0 radical (unpaired) electrons. The Hall–Kier alpha value is -3.12. The van der Waals surface area contributed by atoms with Crippen LogP contribution in [0, 0.1) is 12.8 Å². The highest BCUT2D eigenvalue weighted by Crippen LogP contribution is 2.28. The molecule has 3 heterocycles. The fraction of sp³-hybridized carbons (Fsp3) is 0.467. The second-order valence-corrected chi connectivity index (χ2v) is 10.5. The normalized spacial score (nSPS) is 19.4. The molecule has 1 aromatic heterocycles. The smallest absolute Gasteiger partial charge is 0.272 e. The fourth-order valence-electron chi connectivity index (χ4n) is 5.67. The molecule has 2 aliphatic rings. The van der Waals surface area contributed by atoms with E-state index in [1.165, 1.54) is 24.0 Å². The van der Waals surface area contributed by atoms with Crippen molar-refractivity contribution >= 4 is 5.91 Å². The lowest BCUT2D eigenvalue weighted by Crippen LogP contribution is -2.42. The monoisotopic (exact) mass is 486 g/mol. The maximum absolute atomic E-state index is 13.0. The average Bonchev–Trinajstić information content (AvgIpc) is 3.26. The summed E-state index contributed by atoms with van der Waals surface area (Å²) in [6.45, 7) is 7.38. The molecule has 0 saturated carbocycles. The fourth-order valence-corrected chi connectivity index (χ4v) is 5.67. The van der Waals surface area contributed by atoms with Crippen LogP contribution in [-0.2, 0) is 13.6 Å². The summed E-state index contributed by atoms with van der Waals surface area (Å²) in [5.74, 6) is 2.02. The van der Waals surface area contributed by atoms with E-state index in [2.05, 4.69) is 64.6 Å². The summed E-state index contributed by atoms with van der Waals surface area (Å²) in [5, 5.41) is 4.32. The van der Waals surface area contributed by atoms with Gasteiger partial charge in [0.1, 0.15) is 11.4 Å². The van der Waals surface area contributed by atoms with Crippen molar-refractivity contribution in [1.29, 1.82) is 0 Å². The van der Waals surface area contributed by atoms with Crippen LogP contribution in [0.2, 0.25) is 0 Å². The molecule has 2 saturated heterocycles. The molecule has 0 bridgehead atoms. The van der Waals surface area contributed by atoms with Gasteiger partial charge in [0.15, 0.2) is 0 Å². The zero-order valence-corrected chi connectivity index (χ0v) is 21.6. The molecule has 3 aromatic rings. The van der Waals surface area contributed by atoms with E-state index >= 15 is 0 Å². The topological polar surface area (TPSA) is 50.6 Å². The van der Waals surface area contributed by atoms with Gasteiger partial charge in [0, 0.05) is 32.6 Å². The molecule has 36 heavy (non-hydrogen) atoms. The van der Waals surface area contributed by atoms with Gasteiger partial charge in [-0.3, -0.25) is 14.4 Å². The van der Waals surface area contributed by atoms with E-state index in [4.69, 9.17) is 4.74 Å². The van der Waals surface area contributed by atoms with Gasteiger partial charge in [0.05, 0.1) is 12.3 Å². The number of aromatic nitrogens is 2. The lowest BCUT2D eigenvalue weighted by Gasteiger charge is -2.32. The SMILES string of the molecule is Cc1cc(C(=O)N2CCC[C@H](COc3ccc(CN4CCC(c5ccccc5)CC4)cc3)C2)n(C)n1. The summed E-state index contributed by atoms with van der Waals surface area (Å²) >= 11 is 0. The van der Waals surface area contributed by atoms with E-state index in [-0.39, 0.29) is 5.91 Å². The van der Waals surface area contributed by atoms with Crippen molar-refractivity contribution in [2.24, 2.45) is 13.0 Å². The van der Waals surface area contributed by atoms with Gasteiger partial charge in [-0.1, -0.05) is 42.5 Å². The molecule has 0 spiro atoms. The zero-order chi connectivity index (χ0) is 24.9. The number of ether oxygens (including phenoxy) is 1. The maximum atomic E-state index is 13.0. The number of carbonyl (C=O) groups is 1. The van der Waals surface area contributed by atoms with E-state index in [1.807, 2.05) is 24.9 Å². The first-order valence-corrected chi connectivity index (χ1v) is 13.3. The second kappa shape index (κ2) is 11.3. The van der Waals surface area contributed by atoms with Crippen molar-refractivity contribution in [2.45, 2.75) is 45.1 Å². The summed E-state index contributed by atoms with van der Waals surface area (Å²) in [7, 11) is 1.83. The molecule has 0 aliphatic carbocycles. The molecule has 2 fully saturated rings. The summed E-state index contributed by atoms with van der Waals surface area (Å²) in [4.78, 5) is 17.5. The lowest BCUT2D eigenvalue weighted by molar-refractivity contribution is 0.0622. The van der Waals surface area contributed by atoms with E-state index in [0.717, 1.165) is 57.0 Å². The highest BCUT2D eigenvalue weighted by Gasteiger charge is 2.27. The third kappa shape index (κ3) is 5.98. The molecule has 2 aliphatic heterocycles. The molecule has 2 aromatic carbocycles. The maximum Gasteiger partial charge on any atom is 0.272 e. The van der Waals surface area contributed by atoms with Gasteiger partial charge in [-0.05, 0) is 80.9 Å². The zero-order valence-electron chi connectivity index (χ0n) is 21.6. The quantitative estimate of drug-likeness (QED) is 0.470. The van der Waals surface area contributed by atoms with Crippen molar-refractivity contribution < 1.29 is 9.53 Å². The molecule has 0 N–H and O–H groups in total. The van der Waals surface area contributed by atoms with E-state index < -0.39 is 0 Å². The van der Waals surface area contributed by atoms with E-state index in [9.17, 15) is 4.79 Å². The van der Waals surface area contributed by atoms with Gasteiger partial charge in [0.2, 0.25) is 0 Å². The second-order valence-electron chi connectivity index (χ2n) is 10.5. The van der Waals surface area contributed by atoms with Gasteiger partial charge >= 0.3 is 0 Å². The van der Waals surface area contributed by atoms with Crippen LogP contribution >= 0.6 is 0 Å². The Morgan fingerprint density at radius 3 is 2.44 bits per heavy atom. The van der Waals surface area contributed by atoms with Crippen molar-refractivity contribution in [3.05, 3.63) is 83.2 Å². The van der Waals surface area contributed by atoms with Crippen LogP contribution in [0.25, 0.3) is 0 Å². The van der Waals surface area contributed by atoms with Crippen molar-refractivity contribution in [3.8, 4) is 5.75 Å². The number of benzene rings is 2. The van der Waals surface area contributed by atoms with Gasteiger partial charge in [0.25, 0.3) is 5.91 Å². The van der Waals surface area contributed by atoms with Crippen molar-refractivity contribution in [1.82, 2.24) is 19.6 Å². The van der Waals surface area contributed by atoms with Crippen LogP contribution in [-0.4, -0.2) is 58.3 Å². The lowest BCUT2D eigenvalue weighted by atomic mass is 9.89. The number of hydrogen-bond donors (Lipinski definition) is 0. The molecule has 0 unspecified atom stereocenters. The predicted octanol–water partition coefficient (Wildman–Crippen LogP) is 5.04. The van der Waals surface area contributed by atoms with E-state index in [0.29, 0.717) is 24.1 Å². The average molecular weight is 487 g/mol. The molecular formula is C30H38N4O2. The van der Waals surface area contributed by atoms with Gasteiger partial charge in [-0.2, -0.15) is 5.10 Å². The Morgan fingerprint density at radius 1 is 1.00 bits per heavy atom. The number of piperidine rings is 2. The summed E-state index contributed by atoms with van der Waals surface area (Å²) in [5.41, 5.74) is 4.35. The number of hydrogen-bond acceptors (Lipinski definition) is 4. The largest absolute Gasteiger partial charge is 0.493 e. The van der Waals surface area contributed by atoms with Crippen molar-refractivity contribution in [2.75, 3.05) is 32.8 Å². The Labute approximate surface area is 214 Å². The van der Waals surface area contributed by atoms with Crippen LogP contribution < -0.4 is 4.74 Å². The van der Waals surface area contributed by atoms with Gasteiger partial charge in [-0.15, -0.1) is 0 Å². The molecule has 190 valence electrons. The number of likely N-dealkylation sites (tertiary alicyclic amines) is 2. The molecular weight excluding hydrogens is 448 g/mol. The first-order chi connectivity index (χ1) is 17.5. The standard InChI is InChI=1S/C30H38N4O2/c1-23-19-29(32(2)31-23)30(35)34-16-6-7-25(21-34)22-36-28-12-10-24(11-13-28)20-33-17-14-27(15-18-33)26-8-4-3-5-9-26/h3-5,8-13,19,25,27H,6-7,14-18,20-22H2,1-2H3/t25-/m0/s1. The predicted molar refractivity (Wildman–Crippen MR) is 142 cm³/mol. The Bertz CT molecular complexity index is 1130. The summed E-state index contributed by atoms with van der Waals surface area (Å²) in [6.07, 6.45) is 4.56. The summed E-state index contributed by atoms with van der Waals surface area (Å²) < 4.78 is 7.83. The van der Waals surface area contributed by atoms with Crippen LogP contribution in [0.1, 0.15) is 58.9 Å². The number of amides is 1. The minimum Gasteiger partial charge on any atom is -0.493 e. The number of carbonyl (C=O) groups excluding carboxylic acids is 1. The first kappa shape index (κ1) is 24.6. The van der Waals surface area contributed by atoms with E-state index in [1.54, 1.807) is 4.68 Å². The molecule has 6 heteroatoms. The Morgan fingerprint density at radius 2 is 1.75 bits per heavy atom. The highest BCUT2D eigenvalue weighted by atomic mass is 16.5. The van der Waals surface area contributed by atoms with Crippen molar-refractivity contribution in [3.63, 3.8) is 0 Å². The minimum absolute atomic E-state index is 0.0694. The number of rotatable bonds is 7. The Balaban J connectivity index is 1.07. The third-order valence-electron chi connectivity index (χ3n) is 7.70. The minimum atomic E-state index is 0.0694. The van der Waals surface area contributed by atoms with Gasteiger partial charge in [-0.25, -0.2) is 0 Å². The molecule has 1 atom stereocenters. The van der Waals surface area contributed by atoms with Crippen LogP contribution in [0.3, 0.4) is 0 Å². The van der Waals surface area contributed by atoms with Gasteiger partial charge < -0.3 is 9.64 Å². The van der Waals surface area contributed by atoms with Crippen LogP contribution in [0.15, 0.2) is 60.7 Å². The number of nitrogens with zero attached hydrogens (tertiary/aromatic N) is 4. The molecule has 6 nitrogen and oxygen atoms in total. The highest BCUT2D eigenvalue weighted by molar-refractivity contribution is 5.92. The third-order valence-corrected chi connectivity index (χ3v) is 7.70. The number of aryl methyl sites for hydroxylation is 2. The molecule has 5 rings (SSSR count). The van der Waals surface area contributed by atoms with Crippen LogP contribution in [0.4, 0.5) is 0 Å². The summed E-state index contributed by atoms with van der Waals surface area (Å²) in [6, 6.07) is 21.4. The first-order valence-electron chi connectivity index (χ1n) is 13.3. The Kier molecular flexibility index (Phi) is 7.71.